The first-order chi connectivity index (χ1) is 12.5. The van der Waals surface area contributed by atoms with Gasteiger partial charge in [0.15, 0.2) is 0 Å². The van der Waals surface area contributed by atoms with Gasteiger partial charge in [0, 0.05) is 38.9 Å². The largest absolute Gasteiger partial charge is 0.337 e. The first-order valence-electron chi connectivity index (χ1n) is 9.43. The number of fused-ring (bicyclic) bond motifs is 1. The van der Waals surface area contributed by atoms with Crippen molar-refractivity contribution in [2.24, 2.45) is 5.41 Å². The molecule has 3 saturated heterocycles. The van der Waals surface area contributed by atoms with Crippen LogP contribution in [0.1, 0.15) is 43.6 Å². The number of urea groups is 1. The lowest BCUT2D eigenvalue weighted by atomic mass is 9.76. The second-order valence-corrected chi connectivity index (χ2v) is 7.56. The second-order valence-electron chi connectivity index (χ2n) is 7.56. The van der Waals surface area contributed by atoms with Crippen molar-refractivity contribution in [2.45, 2.75) is 45.7 Å². The highest BCUT2D eigenvalue weighted by Crippen LogP contribution is 2.46. The molecule has 1 aromatic rings. The number of hydrogen-bond acceptors (Lipinski definition) is 4. The Morgan fingerprint density at radius 3 is 2.54 bits per heavy atom. The molecule has 26 heavy (non-hydrogen) atoms. The van der Waals surface area contributed by atoms with E-state index in [-0.39, 0.29) is 29.3 Å². The highest BCUT2D eigenvalue weighted by Gasteiger charge is 2.56. The maximum atomic E-state index is 12.6. The number of hydrogen-bond donors (Lipinski definition) is 0. The van der Waals surface area contributed by atoms with Crippen molar-refractivity contribution in [1.82, 2.24) is 24.5 Å². The Kier molecular flexibility index (Phi) is 4.00. The van der Waals surface area contributed by atoms with Crippen LogP contribution in [-0.4, -0.2) is 74.5 Å². The molecule has 8 nitrogen and oxygen atoms in total. The van der Waals surface area contributed by atoms with Gasteiger partial charge in [-0.05, 0) is 44.6 Å². The van der Waals surface area contributed by atoms with Crippen molar-refractivity contribution in [1.29, 1.82) is 0 Å². The van der Waals surface area contributed by atoms with E-state index in [2.05, 4.69) is 5.10 Å². The minimum absolute atomic E-state index is 0.0324. The smallest absolute Gasteiger partial charge is 0.327 e. The SMILES string of the molecule is CCN1C(=O)C2CC3(CCN(C(=O)c4ccn(CC)n4)CC3)CN2C1=O. The molecule has 4 amide bonds. The maximum absolute atomic E-state index is 12.6. The molecule has 0 saturated carbocycles. The summed E-state index contributed by atoms with van der Waals surface area (Å²) >= 11 is 0. The first kappa shape index (κ1) is 17.1. The lowest BCUT2D eigenvalue weighted by Gasteiger charge is -2.39. The van der Waals surface area contributed by atoms with E-state index in [0.717, 1.165) is 25.8 Å². The Labute approximate surface area is 152 Å². The third kappa shape index (κ3) is 2.50. The number of piperidine rings is 1. The monoisotopic (exact) mass is 359 g/mol. The Morgan fingerprint density at radius 2 is 1.96 bits per heavy atom. The van der Waals surface area contributed by atoms with Crippen LogP contribution in [0.3, 0.4) is 0 Å². The molecule has 0 bridgehead atoms. The number of nitrogens with zero attached hydrogens (tertiary/aromatic N) is 5. The molecule has 3 aliphatic rings. The van der Waals surface area contributed by atoms with Crippen molar-refractivity contribution in [3.63, 3.8) is 0 Å². The number of carbonyl (C=O) groups excluding carboxylic acids is 3. The molecule has 0 N–H and O–H groups in total. The molecule has 3 fully saturated rings. The third-order valence-electron chi connectivity index (χ3n) is 6.15. The summed E-state index contributed by atoms with van der Waals surface area (Å²) in [5.74, 6) is -0.0900. The summed E-state index contributed by atoms with van der Waals surface area (Å²) in [4.78, 5) is 42.4. The summed E-state index contributed by atoms with van der Waals surface area (Å²) in [6, 6.07) is 1.31. The van der Waals surface area contributed by atoms with Gasteiger partial charge in [0.1, 0.15) is 11.7 Å². The Balaban J connectivity index is 1.41. The van der Waals surface area contributed by atoms with Crippen LogP contribution in [0.25, 0.3) is 0 Å². The summed E-state index contributed by atoms with van der Waals surface area (Å²) < 4.78 is 1.75. The van der Waals surface area contributed by atoms with Gasteiger partial charge >= 0.3 is 6.03 Å². The van der Waals surface area contributed by atoms with Crippen LogP contribution in [0.4, 0.5) is 4.79 Å². The van der Waals surface area contributed by atoms with E-state index in [9.17, 15) is 14.4 Å². The number of rotatable bonds is 3. The van der Waals surface area contributed by atoms with E-state index in [0.29, 0.717) is 31.9 Å². The Bertz CT molecular complexity index is 724. The van der Waals surface area contributed by atoms with Gasteiger partial charge < -0.3 is 9.80 Å². The second kappa shape index (κ2) is 6.10. The van der Waals surface area contributed by atoms with E-state index < -0.39 is 0 Å². The Morgan fingerprint density at radius 1 is 1.23 bits per heavy atom. The van der Waals surface area contributed by atoms with Crippen molar-refractivity contribution < 1.29 is 14.4 Å². The highest BCUT2D eigenvalue weighted by molar-refractivity contribution is 6.04. The van der Waals surface area contributed by atoms with Crippen LogP contribution in [0, 0.1) is 5.41 Å². The summed E-state index contributed by atoms with van der Waals surface area (Å²) in [7, 11) is 0. The van der Waals surface area contributed by atoms with Crippen LogP contribution in [-0.2, 0) is 11.3 Å². The number of imide groups is 1. The Hall–Kier alpha value is -2.38. The normalized spacial score (nSPS) is 24.7. The fraction of sp³-hybridized carbons (Fsp3) is 0.667. The van der Waals surface area contributed by atoms with E-state index in [1.807, 2.05) is 24.9 Å². The topological polar surface area (TPSA) is 78.8 Å². The van der Waals surface area contributed by atoms with Crippen LogP contribution in [0.15, 0.2) is 12.3 Å². The fourth-order valence-electron chi connectivity index (χ4n) is 4.56. The molecular weight excluding hydrogens is 334 g/mol. The van der Waals surface area contributed by atoms with Crippen LogP contribution < -0.4 is 0 Å². The number of carbonyl (C=O) groups is 3. The first-order valence-corrected chi connectivity index (χ1v) is 9.43. The van der Waals surface area contributed by atoms with E-state index in [4.69, 9.17) is 0 Å². The average Bonchev–Trinajstić information content (AvgIpc) is 3.32. The standard InChI is InChI=1S/C18H25N5O3/c1-3-21-8-5-13(19-21)15(24)20-9-6-18(7-10-20)11-14-16(25)22(4-2)17(26)23(14)12-18/h5,8,14H,3-4,6-7,9-12H2,1-2H3. The van der Waals surface area contributed by atoms with Gasteiger partial charge in [-0.1, -0.05) is 0 Å². The van der Waals surface area contributed by atoms with Gasteiger partial charge in [-0.3, -0.25) is 19.2 Å². The number of amides is 4. The van der Waals surface area contributed by atoms with Gasteiger partial charge in [0.2, 0.25) is 0 Å². The number of aryl methyl sites for hydroxylation is 1. The molecule has 1 unspecified atom stereocenters. The zero-order valence-electron chi connectivity index (χ0n) is 15.3. The van der Waals surface area contributed by atoms with E-state index in [1.165, 1.54) is 4.90 Å². The minimum atomic E-state index is -0.301. The molecule has 8 heteroatoms. The lowest BCUT2D eigenvalue weighted by Crippen LogP contribution is -2.45. The van der Waals surface area contributed by atoms with Gasteiger partial charge in [0.05, 0.1) is 0 Å². The minimum Gasteiger partial charge on any atom is -0.337 e. The van der Waals surface area contributed by atoms with Gasteiger partial charge in [-0.25, -0.2) is 4.79 Å². The average molecular weight is 359 g/mol. The van der Waals surface area contributed by atoms with Crippen LogP contribution in [0.2, 0.25) is 0 Å². The predicted octanol–water partition coefficient (Wildman–Crippen LogP) is 1.18. The number of likely N-dealkylation sites (tertiary alicyclic amines) is 1. The summed E-state index contributed by atoms with van der Waals surface area (Å²) in [6.07, 6.45) is 4.20. The van der Waals surface area contributed by atoms with E-state index >= 15 is 0 Å². The zero-order valence-corrected chi connectivity index (χ0v) is 15.3. The van der Waals surface area contributed by atoms with Gasteiger partial charge in [-0.2, -0.15) is 5.10 Å². The highest BCUT2D eigenvalue weighted by atomic mass is 16.2. The van der Waals surface area contributed by atoms with Crippen molar-refractivity contribution >= 4 is 17.8 Å². The molecule has 1 spiro atoms. The summed E-state index contributed by atoms with van der Waals surface area (Å²) in [5.41, 5.74) is 0.453. The van der Waals surface area contributed by atoms with Crippen LogP contribution >= 0.6 is 0 Å². The number of likely N-dealkylation sites (N-methyl/N-ethyl adjacent to an activating group) is 1. The molecule has 1 aromatic heterocycles. The van der Waals surface area contributed by atoms with Gasteiger partial charge in [0.25, 0.3) is 11.8 Å². The number of aromatic nitrogens is 2. The predicted molar refractivity (Wildman–Crippen MR) is 93.4 cm³/mol. The van der Waals surface area contributed by atoms with Crippen molar-refractivity contribution in [2.75, 3.05) is 26.2 Å². The lowest BCUT2D eigenvalue weighted by molar-refractivity contribution is -0.128. The zero-order chi connectivity index (χ0) is 18.5. The molecule has 0 aliphatic carbocycles. The third-order valence-corrected chi connectivity index (χ3v) is 6.15. The molecule has 3 aliphatic heterocycles. The molecular formula is C18H25N5O3. The van der Waals surface area contributed by atoms with Crippen molar-refractivity contribution in [3.8, 4) is 0 Å². The molecule has 4 rings (SSSR count). The molecule has 140 valence electrons. The van der Waals surface area contributed by atoms with Gasteiger partial charge in [-0.15, -0.1) is 0 Å². The summed E-state index contributed by atoms with van der Waals surface area (Å²) in [6.45, 7) is 6.93. The van der Waals surface area contributed by atoms with Crippen LogP contribution in [0.5, 0.6) is 0 Å². The molecule has 0 aromatic carbocycles. The van der Waals surface area contributed by atoms with E-state index in [1.54, 1.807) is 15.6 Å². The fourth-order valence-corrected chi connectivity index (χ4v) is 4.56. The molecule has 0 radical (unpaired) electrons. The van der Waals surface area contributed by atoms with Crippen molar-refractivity contribution in [3.05, 3.63) is 18.0 Å². The quantitative estimate of drug-likeness (QED) is 0.759. The molecule has 4 heterocycles. The maximum Gasteiger partial charge on any atom is 0.327 e. The summed E-state index contributed by atoms with van der Waals surface area (Å²) in [5, 5.41) is 4.30. The molecule has 1 atom stereocenters.